The molecule has 1 spiro atoms. The smallest absolute Gasteiger partial charge is 0.317 e. The summed E-state index contributed by atoms with van der Waals surface area (Å²) in [7, 11) is -2.07. The SMILES string of the molecule is CCNC(=O)N1CCC2(CCN3N=C(c4cnc5[nH]cc(CCP(C)(C)=O)c5c4)C(C)C32)C1. The van der Waals surface area contributed by atoms with Gasteiger partial charge in [-0.1, -0.05) is 6.92 Å². The number of likely N-dealkylation sites (tertiary alicyclic amines) is 1. The van der Waals surface area contributed by atoms with Crippen molar-refractivity contribution >= 4 is 29.9 Å². The Morgan fingerprint density at radius 1 is 1.33 bits per heavy atom. The Kier molecular flexibility index (Phi) is 5.55. The first-order chi connectivity index (χ1) is 15.7. The average molecular weight is 471 g/mol. The van der Waals surface area contributed by atoms with Crippen molar-refractivity contribution < 1.29 is 9.36 Å². The first kappa shape index (κ1) is 22.5. The van der Waals surface area contributed by atoms with Crippen molar-refractivity contribution in [3.63, 3.8) is 0 Å². The minimum absolute atomic E-state index is 0.0537. The van der Waals surface area contributed by atoms with Gasteiger partial charge < -0.3 is 19.8 Å². The molecule has 8 nitrogen and oxygen atoms in total. The van der Waals surface area contributed by atoms with Crippen molar-refractivity contribution in [1.29, 1.82) is 0 Å². The third kappa shape index (κ3) is 3.96. The monoisotopic (exact) mass is 470 g/mol. The molecule has 9 heteroatoms. The molecule has 0 saturated carbocycles. The number of hydrazone groups is 1. The molecule has 0 radical (unpaired) electrons. The number of nitrogens with zero attached hydrogens (tertiary/aromatic N) is 4. The number of hydrogen-bond acceptors (Lipinski definition) is 5. The summed E-state index contributed by atoms with van der Waals surface area (Å²) < 4.78 is 12.2. The number of aromatic nitrogens is 2. The number of pyridine rings is 1. The number of aromatic amines is 1. The van der Waals surface area contributed by atoms with E-state index in [-0.39, 0.29) is 17.4 Å². The molecular weight excluding hydrogens is 435 g/mol. The van der Waals surface area contributed by atoms with E-state index in [9.17, 15) is 9.36 Å². The number of nitrogens with one attached hydrogen (secondary N) is 2. The number of rotatable bonds is 5. The van der Waals surface area contributed by atoms with Gasteiger partial charge in [-0.2, -0.15) is 5.10 Å². The van der Waals surface area contributed by atoms with E-state index in [1.54, 1.807) is 0 Å². The molecule has 2 amide bonds. The summed E-state index contributed by atoms with van der Waals surface area (Å²) in [6, 6.07) is 2.57. The molecule has 3 atom stereocenters. The maximum atomic E-state index is 12.4. The van der Waals surface area contributed by atoms with Crippen LogP contribution in [0.4, 0.5) is 4.79 Å². The van der Waals surface area contributed by atoms with Crippen LogP contribution in [0.15, 0.2) is 23.6 Å². The molecule has 2 aromatic rings. The van der Waals surface area contributed by atoms with Gasteiger partial charge in [-0.05, 0) is 51.1 Å². The van der Waals surface area contributed by atoms with Crippen LogP contribution in [-0.2, 0) is 11.0 Å². The second kappa shape index (κ2) is 8.15. The molecule has 2 saturated heterocycles. The number of urea groups is 1. The molecule has 33 heavy (non-hydrogen) atoms. The zero-order valence-electron chi connectivity index (χ0n) is 20.1. The lowest BCUT2D eigenvalue weighted by molar-refractivity contribution is 0.151. The van der Waals surface area contributed by atoms with Crippen molar-refractivity contribution in [2.75, 3.05) is 45.7 Å². The Bertz CT molecular complexity index is 1150. The van der Waals surface area contributed by atoms with Crippen LogP contribution >= 0.6 is 7.14 Å². The van der Waals surface area contributed by atoms with Crippen molar-refractivity contribution in [1.82, 2.24) is 25.2 Å². The normalized spacial score (nSPS) is 27.0. The fourth-order valence-electron chi connectivity index (χ4n) is 6.11. The van der Waals surface area contributed by atoms with E-state index in [4.69, 9.17) is 5.10 Å². The standard InChI is InChI=1S/C24H35N6O2P/c1-5-25-23(31)29-9-7-24(15-29)8-10-30-21(24)16(2)20(28-30)18-12-19-17(6-11-33(3,4)32)13-26-22(19)27-14-18/h12-14,16,21H,5-11,15H2,1-4H3,(H,25,31)(H,26,27). The molecule has 0 aliphatic carbocycles. The predicted molar refractivity (Wildman–Crippen MR) is 133 cm³/mol. The van der Waals surface area contributed by atoms with Crippen LogP contribution in [0, 0.1) is 11.3 Å². The zero-order chi connectivity index (χ0) is 23.4. The molecular formula is C24H35N6O2P. The van der Waals surface area contributed by atoms with Crippen LogP contribution in [0.25, 0.3) is 11.0 Å². The van der Waals surface area contributed by atoms with E-state index in [1.807, 2.05) is 37.5 Å². The molecule has 2 N–H and O–H groups in total. The van der Waals surface area contributed by atoms with E-state index in [0.717, 1.165) is 61.2 Å². The maximum Gasteiger partial charge on any atom is 0.317 e. The molecule has 0 aromatic carbocycles. The minimum Gasteiger partial charge on any atom is -0.346 e. The molecule has 2 aromatic heterocycles. The van der Waals surface area contributed by atoms with Gasteiger partial charge in [-0.3, -0.25) is 5.01 Å². The maximum absolute atomic E-state index is 12.4. The average Bonchev–Trinajstić information content (AvgIpc) is 3.52. The predicted octanol–water partition coefficient (Wildman–Crippen LogP) is 3.58. The van der Waals surface area contributed by atoms with Gasteiger partial charge in [0.15, 0.2) is 0 Å². The number of H-pyrrole nitrogens is 1. The molecule has 5 rings (SSSR count). The second-order valence-electron chi connectivity index (χ2n) is 10.5. The van der Waals surface area contributed by atoms with Crippen molar-refractivity contribution in [3.05, 3.63) is 29.6 Å². The van der Waals surface area contributed by atoms with E-state index in [2.05, 4.69) is 33.3 Å². The van der Waals surface area contributed by atoms with E-state index in [1.165, 1.54) is 5.56 Å². The molecule has 178 valence electrons. The number of amides is 2. The van der Waals surface area contributed by atoms with Crippen LogP contribution in [-0.4, -0.2) is 83.3 Å². The Balaban J connectivity index is 1.38. The van der Waals surface area contributed by atoms with E-state index < -0.39 is 7.14 Å². The topological polar surface area (TPSA) is 93.7 Å². The van der Waals surface area contributed by atoms with Crippen LogP contribution in [0.2, 0.25) is 0 Å². The lowest BCUT2D eigenvalue weighted by atomic mass is 9.73. The molecule has 3 aliphatic heterocycles. The highest BCUT2D eigenvalue weighted by Crippen LogP contribution is 2.50. The van der Waals surface area contributed by atoms with Gasteiger partial charge >= 0.3 is 6.03 Å². The van der Waals surface area contributed by atoms with Crippen molar-refractivity contribution in [3.8, 4) is 0 Å². The number of carbonyl (C=O) groups is 1. The van der Waals surface area contributed by atoms with Gasteiger partial charge in [0.05, 0.1) is 18.9 Å². The number of fused-ring (bicyclic) bond motifs is 3. The third-order valence-corrected chi connectivity index (χ3v) is 9.06. The number of aryl methyl sites for hydroxylation is 1. The summed E-state index contributed by atoms with van der Waals surface area (Å²) in [5.41, 5.74) is 4.30. The van der Waals surface area contributed by atoms with Crippen LogP contribution in [0.3, 0.4) is 0 Å². The Labute approximate surface area is 195 Å². The lowest BCUT2D eigenvalue weighted by Gasteiger charge is -2.33. The van der Waals surface area contributed by atoms with Gasteiger partial charge in [0.1, 0.15) is 5.65 Å². The summed E-state index contributed by atoms with van der Waals surface area (Å²) in [6.45, 7) is 11.2. The van der Waals surface area contributed by atoms with Crippen molar-refractivity contribution in [2.24, 2.45) is 16.4 Å². The summed E-state index contributed by atoms with van der Waals surface area (Å²) in [5.74, 6) is 0.273. The molecule has 3 aliphatic rings. The lowest BCUT2D eigenvalue weighted by Crippen LogP contribution is -2.44. The van der Waals surface area contributed by atoms with Crippen LogP contribution in [0.5, 0.6) is 0 Å². The van der Waals surface area contributed by atoms with Crippen LogP contribution < -0.4 is 5.32 Å². The molecule has 2 fully saturated rings. The summed E-state index contributed by atoms with van der Waals surface area (Å²) in [5, 5.41) is 11.4. The van der Waals surface area contributed by atoms with Gasteiger partial charge in [0.2, 0.25) is 0 Å². The first-order valence-corrected chi connectivity index (χ1v) is 14.9. The highest BCUT2D eigenvalue weighted by Gasteiger charge is 2.56. The molecule has 3 unspecified atom stereocenters. The first-order valence-electron chi connectivity index (χ1n) is 12.1. The van der Waals surface area contributed by atoms with E-state index in [0.29, 0.717) is 18.7 Å². The largest absolute Gasteiger partial charge is 0.346 e. The van der Waals surface area contributed by atoms with Gasteiger partial charge in [-0.25, -0.2) is 9.78 Å². The molecule has 5 heterocycles. The number of carbonyl (C=O) groups excluding carboxylic acids is 1. The summed E-state index contributed by atoms with van der Waals surface area (Å²) >= 11 is 0. The fraction of sp³-hybridized carbons (Fsp3) is 0.625. The molecule has 0 bridgehead atoms. The highest BCUT2D eigenvalue weighted by molar-refractivity contribution is 7.62. The number of hydrogen-bond donors (Lipinski definition) is 2. The van der Waals surface area contributed by atoms with Crippen molar-refractivity contribution in [2.45, 2.75) is 39.2 Å². The van der Waals surface area contributed by atoms with E-state index >= 15 is 0 Å². The van der Waals surface area contributed by atoms with Crippen LogP contribution in [0.1, 0.15) is 37.8 Å². The Hall–Kier alpha value is -2.34. The third-order valence-electron chi connectivity index (χ3n) is 7.76. The highest BCUT2D eigenvalue weighted by atomic mass is 31.2. The minimum atomic E-state index is -2.07. The Morgan fingerprint density at radius 3 is 2.88 bits per heavy atom. The second-order valence-corrected chi connectivity index (χ2v) is 14.1. The summed E-state index contributed by atoms with van der Waals surface area (Å²) in [6.07, 6.45) is 7.52. The quantitative estimate of drug-likeness (QED) is 0.654. The Morgan fingerprint density at radius 2 is 2.12 bits per heavy atom. The van der Waals surface area contributed by atoms with Gasteiger partial charge in [0, 0.05) is 67.0 Å². The zero-order valence-corrected chi connectivity index (χ0v) is 21.0. The van der Waals surface area contributed by atoms with Gasteiger partial charge in [0.25, 0.3) is 0 Å². The van der Waals surface area contributed by atoms with Gasteiger partial charge in [-0.15, -0.1) is 0 Å². The fourth-order valence-corrected chi connectivity index (χ4v) is 6.89. The summed E-state index contributed by atoms with van der Waals surface area (Å²) in [4.78, 5) is 22.4.